The van der Waals surface area contributed by atoms with Crippen LogP contribution in [0.1, 0.15) is 17.0 Å². The van der Waals surface area contributed by atoms with Crippen LogP contribution in [0.15, 0.2) is 59.7 Å². The highest BCUT2D eigenvalue weighted by molar-refractivity contribution is 5.84. The average molecular weight is 408 g/mol. The molecule has 1 aromatic heterocycles. The van der Waals surface area contributed by atoms with Gasteiger partial charge in [-0.05, 0) is 56.3 Å². The highest BCUT2D eigenvalue weighted by Gasteiger charge is 2.10. The molecule has 0 atom stereocenters. The molecular weight excluding hydrogens is 383 g/mol. The number of anilines is 1. The van der Waals surface area contributed by atoms with Crippen molar-refractivity contribution in [3.63, 3.8) is 0 Å². The predicted octanol–water partition coefficient (Wildman–Crippen LogP) is 3.83. The molecule has 7 heteroatoms. The third kappa shape index (κ3) is 5.05. The van der Waals surface area contributed by atoms with Gasteiger partial charge in [0.15, 0.2) is 6.61 Å². The molecule has 156 valence electrons. The maximum atomic E-state index is 13.2. The number of nitrogens with zero attached hydrogens (tertiary/aromatic N) is 3. The molecule has 1 amide bonds. The number of carbonyl (C=O) groups is 1. The molecule has 0 fully saturated rings. The third-order valence-electron chi connectivity index (χ3n) is 4.65. The molecule has 0 radical (unpaired) electrons. The minimum atomic E-state index is -0.353. The summed E-state index contributed by atoms with van der Waals surface area (Å²) in [6.07, 6.45) is 1.59. The molecule has 0 aliphatic rings. The van der Waals surface area contributed by atoms with Gasteiger partial charge in [0.05, 0.1) is 6.21 Å². The highest BCUT2D eigenvalue weighted by Crippen LogP contribution is 2.20. The van der Waals surface area contributed by atoms with Gasteiger partial charge in [0.1, 0.15) is 11.6 Å². The topological polar surface area (TPSA) is 58.9 Å². The van der Waals surface area contributed by atoms with E-state index in [1.807, 2.05) is 61.7 Å². The van der Waals surface area contributed by atoms with Gasteiger partial charge in [0.2, 0.25) is 0 Å². The Morgan fingerprint density at radius 2 is 1.90 bits per heavy atom. The van der Waals surface area contributed by atoms with Gasteiger partial charge in [-0.15, -0.1) is 0 Å². The molecule has 0 spiro atoms. The first-order chi connectivity index (χ1) is 14.3. The number of hydrazone groups is 1. The lowest BCUT2D eigenvalue weighted by Gasteiger charge is -2.13. The Balaban J connectivity index is 1.60. The first-order valence-corrected chi connectivity index (χ1v) is 9.52. The average Bonchev–Trinajstić information content (AvgIpc) is 3.00. The summed E-state index contributed by atoms with van der Waals surface area (Å²) in [5.74, 6) is -0.0154. The van der Waals surface area contributed by atoms with Crippen LogP contribution in [0, 0.1) is 19.7 Å². The molecule has 2 aromatic carbocycles. The Kier molecular flexibility index (Phi) is 6.51. The van der Waals surface area contributed by atoms with Crippen LogP contribution in [0.2, 0.25) is 0 Å². The number of aryl methyl sites for hydroxylation is 1. The summed E-state index contributed by atoms with van der Waals surface area (Å²) in [5, 5.41) is 4.04. The summed E-state index contributed by atoms with van der Waals surface area (Å²) in [5.41, 5.74) is 7.11. The van der Waals surface area contributed by atoms with Gasteiger partial charge in [-0.25, -0.2) is 9.82 Å². The smallest absolute Gasteiger partial charge is 0.277 e. The van der Waals surface area contributed by atoms with Crippen molar-refractivity contribution >= 4 is 17.8 Å². The van der Waals surface area contributed by atoms with E-state index < -0.39 is 0 Å². The van der Waals surface area contributed by atoms with Crippen molar-refractivity contribution in [3.05, 3.63) is 77.4 Å². The summed E-state index contributed by atoms with van der Waals surface area (Å²) >= 11 is 0. The van der Waals surface area contributed by atoms with E-state index in [4.69, 9.17) is 4.74 Å². The second-order valence-corrected chi connectivity index (χ2v) is 7.11. The number of carbonyl (C=O) groups excluding carboxylic acids is 1. The Morgan fingerprint density at radius 1 is 1.17 bits per heavy atom. The Morgan fingerprint density at radius 3 is 2.60 bits per heavy atom. The zero-order chi connectivity index (χ0) is 21.7. The van der Waals surface area contributed by atoms with E-state index in [9.17, 15) is 9.18 Å². The van der Waals surface area contributed by atoms with Gasteiger partial charge in [-0.1, -0.05) is 6.07 Å². The van der Waals surface area contributed by atoms with Crippen LogP contribution in [-0.4, -0.2) is 37.4 Å². The van der Waals surface area contributed by atoms with E-state index >= 15 is 0 Å². The molecule has 6 nitrogen and oxygen atoms in total. The van der Waals surface area contributed by atoms with Crippen molar-refractivity contribution in [2.24, 2.45) is 5.10 Å². The number of nitrogens with one attached hydrogen (secondary N) is 1. The number of halogens is 1. The SMILES string of the molecule is Cc1cc(/C=N/NC(=O)COc2cccc(N(C)C)c2)c(C)n1-c1ccc(F)cc1. The van der Waals surface area contributed by atoms with Crippen LogP contribution in [0.5, 0.6) is 5.75 Å². The van der Waals surface area contributed by atoms with E-state index in [0.29, 0.717) is 5.75 Å². The molecule has 1 heterocycles. The zero-order valence-electron chi connectivity index (χ0n) is 17.5. The minimum absolute atomic E-state index is 0.136. The van der Waals surface area contributed by atoms with Gasteiger partial charge in [0, 0.05) is 48.5 Å². The van der Waals surface area contributed by atoms with Gasteiger partial charge < -0.3 is 14.2 Å². The van der Waals surface area contributed by atoms with E-state index in [1.54, 1.807) is 24.4 Å². The fourth-order valence-corrected chi connectivity index (χ4v) is 3.11. The first kappa shape index (κ1) is 21.1. The molecule has 0 saturated carbocycles. The number of hydrogen-bond donors (Lipinski definition) is 1. The van der Waals surface area contributed by atoms with Crippen LogP contribution in [-0.2, 0) is 4.79 Å². The summed E-state index contributed by atoms with van der Waals surface area (Å²) in [7, 11) is 3.88. The van der Waals surface area contributed by atoms with Crippen molar-refractivity contribution in [2.75, 3.05) is 25.6 Å². The Labute approximate surface area is 175 Å². The third-order valence-corrected chi connectivity index (χ3v) is 4.65. The number of ether oxygens (including phenoxy) is 1. The molecule has 0 saturated heterocycles. The highest BCUT2D eigenvalue weighted by atomic mass is 19.1. The zero-order valence-corrected chi connectivity index (χ0v) is 17.5. The molecule has 30 heavy (non-hydrogen) atoms. The molecule has 0 bridgehead atoms. The summed E-state index contributed by atoms with van der Waals surface area (Å²) < 4.78 is 20.7. The maximum absolute atomic E-state index is 13.2. The first-order valence-electron chi connectivity index (χ1n) is 9.52. The second kappa shape index (κ2) is 9.26. The predicted molar refractivity (Wildman–Crippen MR) is 117 cm³/mol. The quantitative estimate of drug-likeness (QED) is 0.478. The standard InChI is InChI=1S/C23H25FN4O2/c1-16-12-18(17(2)28(16)20-10-8-19(24)9-11-20)14-25-26-23(29)15-30-22-7-5-6-21(13-22)27(3)4/h5-14H,15H2,1-4H3,(H,26,29)/b25-14+. The van der Waals surface area contributed by atoms with E-state index in [1.165, 1.54) is 12.1 Å². The lowest BCUT2D eigenvalue weighted by Crippen LogP contribution is -2.24. The second-order valence-electron chi connectivity index (χ2n) is 7.11. The van der Waals surface area contributed by atoms with Crippen LogP contribution >= 0.6 is 0 Å². The van der Waals surface area contributed by atoms with Crippen molar-refractivity contribution in [1.82, 2.24) is 9.99 Å². The van der Waals surface area contributed by atoms with Gasteiger partial charge in [-0.2, -0.15) is 5.10 Å². The van der Waals surface area contributed by atoms with Crippen LogP contribution in [0.3, 0.4) is 0 Å². The van der Waals surface area contributed by atoms with Crippen molar-refractivity contribution < 1.29 is 13.9 Å². The van der Waals surface area contributed by atoms with E-state index in [-0.39, 0.29) is 18.3 Å². The summed E-state index contributed by atoms with van der Waals surface area (Å²) in [6, 6.07) is 15.7. The largest absolute Gasteiger partial charge is 0.484 e. The molecule has 3 rings (SSSR count). The van der Waals surface area contributed by atoms with Crippen molar-refractivity contribution in [1.29, 1.82) is 0 Å². The van der Waals surface area contributed by atoms with Crippen LogP contribution in [0.25, 0.3) is 5.69 Å². The Bertz CT molecular complexity index is 1060. The fraction of sp³-hybridized carbons (Fsp3) is 0.217. The molecular formula is C23H25FN4O2. The maximum Gasteiger partial charge on any atom is 0.277 e. The molecule has 1 N–H and O–H groups in total. The van der Waals surface area contributed by atoms with Crippen molar-refractivity contribution in [3.8, 4) is 11.4 Å². The van der Waals surface area contributed by atoms with Gasteiger partial charge in [0.25, 0.3) is 5.91 Å². The fourth-order valence-electron chi connectivity index (χ4n) is 3.11. The lowest BCUT2D eigenvalue weighted by molar-refractivity contribution is -0.123. The van der Waals surface area contributed by atoms with Crippen LogP contribution < -0.4 is 15.1 Å². The molecule has 3 aromatic rings. The summed E-state index contributed by atoms with van der Waals surface area (Å²) in [6.45, 7) is 3.77. The number of benzene rings is 2. The lowest BCUT2D eigenvalue weighted by atomic mass is 10.2. The van der Waals surface area contributed by atoms with Gasteiger partial charge >= 0.3 is 0 Å². The van der Waals surface area contributed by atoms with Gasteiger partial charge in [-0.3, -0.25) is 4.79 Å². The minimum Gasteiger partial charge on any atom is -0.484 e. The van der Waals surface area contributed by atoms with E-state index in [2.05, 4.69) is 10.5 Å². The number of rotatable bonds is 7. The summed E-state index contributed by atoms with van der Waals surface area (Å²) in [4.78, 5) is 14.0. The Hall–Kier alpha value is -3.61. The number of hydrogen-bond acceptors (Lipinski definition) is 4. The molecule has 0 aliphatic heterocycles. The van der Waals surface area contributed by atoms with Crippen molar-refractivity contribution in [2.45, 2.75) is 13.8 Å². The van der Waals surface area contributed by atoms with E-state index in [0.717, 1.165) is 28.3 Å². The normalized spacial score (nSPS) is 11.0. The number of amides is 1. The molecule has 0 unspecified atom stereocenters. The van der Waals surface area contributed by atoms with Crippen LogP contribution in [0.4, 0.5) is 10.1 Å². The number of aromatic nitrogens is 1. The molecule has 0 aliphatic carbocycles. The monoisotopic (exact) mass is 408 g/mol.